The normalized spacial score (nSPS) is 14.7. The van der Waals surface area contributed by atoms with Crippen LogP contribution >= 0.6 is 0 Å². The Kier molecular flexibility index (Phi) is 4.51. The molecule has 5 heteroatoms. The fourth-order valence-electron chi connectivity index (χ4n) is 3.01. The zero-order valence-electron chi connectivity index (χ0n) is 13.6. The molecule has 0 aromatic heterocycles. The molecule has 1 aliphatic rings. The molecule has 1 atom stereocenters. The second-order valence-corrected chi connectivity index (χ2v) is 5.63. The molecule has 0 fully saturated rings. The van der Waals surface area contributed by atoms with Gasteiger partial charge in [0.05, 0.1) is 7.11 Å². The summed E-state index contributed by atoms with van der Waals surface area (Å²) in [7, 11) is 1.26. The molecule has 0 amide bonds. The summed E-state index contributed by atoms with van der Waals surface area (Å²) >= 11 is 0. The van der Waals surface area contributed by atoms with Crippen LogP contribution in [0.5, 0.6) is 0 Å². The Labute approximate surface area is 140 Å². The summed E-state index contributed by atoms with van der Waals surface area (Å²) in [4.78, 5) is 15.0. The Bertz CT molecular complexity index is 739. The maximum Gasteiger partial charge on any atom is 0.330 e. The number of hydrogen-bond donors (Lipinski definition) is 0. The predicted octanol–water partition coefficient (Wildman–Crippen LogP) is 2.09. The Hall–Kier alpha value is -2.82. The van der Waals surface area contributed by atoms with Gasteiger partial charge in [-0.2, -0.15) is 0 Å². The predicted molar refractivity (Wildman–Crippen MR) is 88.6 cm³/mol. The SMILES string of the molecule is COC(=O)C(C)N=C([O-])OCC1c2ccccc2-c2ccccc21. The van der Waals surface area contributed by atoms with Crippen LogP contribution in [0.25, 0.3) is 11.1 Å². The molecule has 0 radical (unpaired) electrons. The highest BCUT2D eigenvalue weighted by Gasteiger charge is 2.26. The number of aliphatic imine (C=N–C) groups is 1. The first-order valence-electron chi connectivity index (χ1n) is 7.75. The van der Waals surface area contributed by atoms with E-state index in [0.717, 1.165) is 22.3 Å². The molecule has 0 saturated heterocycles. The molecule has 1 unspecified atom stereocenters. The Balaban J connectivity index is 1.79. The number of rotatable bonds is 4. The molecule has 3 rings (SSSR count). The van der Waals surface area contributed by atoms with Crippen LogP contribution in [0.3, 0.4) is 0 Å². The van der Waals surface area contributed by atoms with E-state index in [4.69, 9.17) is 4.74 Å². The van der Waals surface area contributed by atoms with E-state index in [1.54, 1.807) is 0 Å². The Morgan fingerprint density at radius 1 is 1.12 bits per heavy atom. The van der Waals surface area contributed by atoms with Gasteiger partial charge in [-0.3, -0.25) is 4.99 Å². The van der Waals surface area contributed by atoms with Crippen LogP contribution in [0.15, 0.2) is 53.5 Å². The minimum Gasteiger partial charge on any atom is -0.599 e. The minimum absolute atomic E-state index is 0.0232. The molecular weight excluding hydrogens is 306 g/mol. The van der Waals surface area contributed by atoms with Gasteiger partial charge in [-0.05, 0) is 29.2 Å². The van der Waals surface area contributed by atoms with Gasteiger partial charge in [0.15, 0.2) is 0 Å². The lowest BCUT2D eigenvalue weighted by Crippen LogP contribution is -2.28. The molecule has 0 bridgehead atoms. The van der Waals surface area contributed by atoms with E-state index in [-0.39, 0.29) is 12.5 Å². The first-order valence-corrected chi connectivity index (χ1v) is 7.75. The van der Waals surface area contributed by atoms with Gasteiger partial charge in [-0.25, -0.2) is 4.79 Å². The molecule has 0 aliphatic heterocycles. The summed E-state index contributed by atoms with van der Waals surface area (Å²) in [6, 6.07) is 15.3. The molecule has 0 N–H and O–H groups in total. The standard InChI is InChI=1S/C19H19NO4/c1-12(18(21)23-2)20-19(22)24-11-17-15-9-5-3-7-13(15)14-8-4-6-10-16(14)17/h3-10,12,17H,11H2,1-2H3,(H,20,22)/p-1. The fraction of sp³-hybridized carbons (Fsp3) is 0.263. The smallest absolute Gasteiger partial charge is 0.330 e. The topological polar surface area (TPSA) is 71.0 Å². The van der Waals surface area contributed by atoms with Crippen molar-refractivity contribution < 1.29 is 19.4 Å². The number of carbonyl (C=O) groups is 1. The Morgan fingerprint density at radius 2 is 1.67 bits per heavy atom. The molecule has 0 spiro atoms. The molecule has 24 heavy (non-hydrogen) atoms. The molecule has 1 aliphatic carbocycles. The highest BCUT2D eigenvalue weighted by atomic mass is 16.6. The summed E-state index contributed by atoms with van der Waals surface area (Å²) in [5.74, 6) is -0.589. The summed E-state index contributed by atoms with van der Waals surface area (Å²) in [5, 5.41) is 11.9. The van der Waals surface area contributed by atoms with E-state index >= 15 is 0 Å². The number of methoxy groups -OCH3 is 1. The number of esters is 1. The highest BCUT2D eigenvalue weighted by Crippen LogP contribution is 2.44. The van der Waals surface area contributed by atoms with E-state index in [1.165, 1.54) is 14.0 Å². The quantitative estimate of drug-likeness (QED) is 0.490. The summed E-state index contributed by atoms with van der Waals surface area (Å²) in [6.07, 6.45) is -0.755. The first kappa shape index (κ1) is 16.1. The molecule has 2 aromatic carbocycles. The third-order valence-corrected chi connectivity index (χ3v) is 4.18. The van der Waals surface area contributed by atoms with E-state index in [0.29, 0.717) is 0 Å². The molecule has 5 nitrogen and oxygen atoms in total. The first-order chi connectivity index (χ1) is 11.6. The molecule has 0 heterocycles. The number of hydrogen-bond acceptors (Lipinski definition) is 5. The van der Waals surface area contributed by atoms with Crippen molar-refractivity contribution in [1.82, 2.24) is 0 Å². The van der Waals surface area contributed by atoms with E-state index in [9.17, 15) is 9.90 Å². The van der Waals surface area contributed by atoms with Gasteiger partial charge in [-0.1, -0.05) is 48.5 Å². The number of nitrogens with zero attached hydrogens (tertiary/aromatic N) is 1. The van der Waals surface area contributed by atoms with Gasteiger partial charge >= 0.3 is 5.97 Å². The van der Waals surface area contributed by atoms with Crippen molar-refractivity contribution in [2.45, 2.75) is 18.9 Å². The molecule has 0 saturated carbocycles. The summed E-state index contributed by atoms with van der Waals surface area (Å²) in [5.41, 5.74) is 4.59. The molecular formula is C19H18NO4-. The molecule has 124 valence electrons. The maximum absolute atomic E-state index is 11.9. The second kappa shape index (κ2) is 6.74. The van der Waals surface area contributed by atoms with Crippen LogP contribution in [0.2, 0.25) is 0 Å². The van der Waals surface area contributed by atoms with E-state index in [1.807, 2.05) is 36.4 Å². The van der Waals surface area contributed by atoms with Crippen LogP contribution in [0.4, 0.5) is 0 Å². The summed E-state index contributed by atoms with van der Waals surface area (Å²) in [6.45, 7) is 1.68. The van der Waals surface area contributed by atoms with Crippen LogP contribution in [-0.2, 0) is 14.3 Å². The van der Waals surface area contributed by atoms with Crippen molar-refractivity contribution in [1.29, 1.82) is 0 Å². The number of fused-ring (bicyclic) bond motifs is 3. The van der Waals surface area contributed by atoms with Crippen LogP contribution in [-0.4, -0.2) is 31.8 Å². The van der Waals surface area contributed by atoms with Gasteiger partial charge in [-0.15, -0.1) is 0 Å². The number of benzene rings is 2. The van der Waals surface area contributed by atoms with Crippen molar-refractivity contribution in [2.24, 2.45) is 4.99 Å². The number of ether oxygens (including phenoxy) is 2. The number of carbonyl (C=O) groups excluding carboxylic acids is 1. The Morgan fingerprint density at radius 3 is 2.21 bits per heavy atom. The van der Waals surface area contributed by atoms with Gasteiger partial charge < -0.3 is 14.6 Å². The van der Waals surface area contributed by atoms with Gasteiger partial charge in [0, 0.05) is 12.5 Å². The van der Waals surface area contributed by atoms with Gasteiger partial charge in [0.25, 0.3) is 0 Å². The largest absolute Gasteiger partial charge is 0.599 e. The zero-order chi connectivity index (χ0) is 17.1. The summed E-state index contributed by atoms with van der Waals surface area (Å²) < 4.78 is 9.83. The average Bonchev–Trinajstić information content (AvgIpc) is 2.93. The third kappa shape index (κ3) is 2.97. The van der Waals surface area contributed by atoms with Crippen molar-refractivity contribution >= 4 is 12.1 Å². The van der Waals surface area contributed by atoms with Gasteiger partial charge in [0.2, 0.25) is 0 Å². The van der Waals surface area contributed by atoms with Crippen LogP contribution < -0.4 is 5.11 Å². The monoisotopic (exact) mass is 324 g/mol. The maximum atomic E-state index is 11.9. The van der Waals surface area contributed by atoms with Crippen molar-refractivity contribution in [3.05, 3.63) is 59.7 Å². The highest BCUT2D eigenvalue weighted by molar-refractivity contribution is 5.79. The zero-order valence-corrected chi connectivity index (χ0v) is 13.6. The lowest BCUT2D eigenvalue weighted by atomic mass is 9.98. The van der Waals surface area contributed by atoms with Crippen LogP contribution in [0, 0.1) is 0 Å². The van der Waals surface area contributed by atoms with Gasteiger partial charge in [0.1, 0.15) is 12.1 Å². The van der Waals surface area contributed by atoms with Crippen LogP contribution in [0.1, 0.15) is 24.0 Å². The molecule has 2 aromatic rings. The van der Waals surface area contributed by atoms with E-state index in [2.05, 4.69) is 21.9 Å². The van der Waals surface area contributed by atoms with E-state index < -0.39 is 18.1 Å². The van der Waals surface area contributed by atoms with Crippen molar-refractivity contribution in [3.8, 4) is 11.1 Å². The minimum atomic E-state index is -0.870. The van der Waals surface area contributed by atoms with Crippen molar-refractivity contribution in [3.63, 3.8) is 0 Å². The second-order valence-electron chi connectivity index (χ2n) is 5.63. The average molecular weight is 324 g/mol. The third-order valence-electron chi connectivity index (χ3n) is 4.18. The fourth-order valence-corrected chi connectivity index (χ4v) is 3.01. The lowest BCUT2D eigenvalue weighted by molar-refractivity contribution is -0.251. The lowest BCUT2D eigenvalue weighted by Gasteiger charge is -2.21. The van der Waals surface area contributed by atoms with Crippen molar-refractivity contribution in [2.75, 3.05) is 13.7 Å².